The van der Waals surface area contributed by atoms with E-state index in [1.165, 1.54) is 72.7 Å². The minimum Gasteiger partial charge on any atom is -0.257 e. The van der Waals surface area contributed by atoms with Crippen LogP contribution in [0.4, 0.5) is 5.69 Å². The highest BCUT2D eigenvalue weighted by molar-refractivity contribution is 6.07. The molecule has 0 radical (unpaired) electrons. The standard InChI is InChI=1S/C23H31N/c1-4-5-6-7-8-9-10-15-21-23(2,3)22-19-14-12-11-13-18(19)16-17-20(22)24-21/h11-14,16-17H,4-10,15H2,1-3H3. The van der Waals surface area contributed by atoms with E-state index in [0.29, 0.717) is 0 Å². The van der Waals surface area contributed by atoms with E-state index in [2.05, 4.69) is 57.2 Å². The third-order valence-corrected chi connectivity index (χ3v) is 5.53. The lowest BCUT2D eigenvalue weighted by Crippen LogP contribution is -2.25. The summed E-state index contributed by atoms with van der Waals surface area (Å²) in [6, 6.07) is 13.1. The van der Waals surface area contributed by atoms with Crippen molar-refractivity contribution in [2.75, 3.05) is 0 Å². The van der Waals surface area contributed by atoms with E-state index in [1.54, 1.807) is 0 Å². The van der Waals surface area contributed by atoms with Gasteiger partial charge in [-0.15, -0.1) is 0 Å². The van der Waals surface area contributed by atoms with Crippen LogP contribution in [0.5, 0.6) is 0 Å². The minimum absolute atomic E-state index is 0.0679. The van der Waals surface area contributed by atoms with E-state index in [9.17, 15) is 0 Å². The van der Waals surface area contributed by atoms with Crippen LogP contribution < -0.4 is 0 Å². The Labute approximate surface area is 147 Å². The molecule has 0 unspecified atom stereocenters. The number of nitrogens with zero attached hydrogens (tertiary/aromatic N) is 1. The van der Waals surface area contributed by atoms with E-state index < -0.39 is 0 Å². The van der Waals surface area contributed by atoms with Crippen LogP contribution in [-0.2, 0) is 5.41 Å². The Bertz CT molecular complexity index is 724. The molecule has 3 rings (SSSR count). The lowest BCUT2D eigenvalue weighted by Gasteiger charge is -2.24. The summed E-state index contributed by atoms with van der Waals surface area (Å²) in [6.45, 7) is 6.98. The maximum absolute atomic E-state index is 5.02. The summed E-state index contributed by atoms with van der Waals surface area (Å²) in [5.41, 5.74) is 4.07. The Balaban J connectivity index is 1.65. The molecule has 2 aromatic rings. The van der Waals surface area contributed by atoms with Crippen LogP contribution in [0.25, 0.3) is 10.8 Å². The van der Waals surface area contributed by atoms with Gasteiger partial charge in [-0.05, 0) is 35.2 Å². The van der Waals surface area contributed by atoms with Crippen LogP contribution in [-0.4, -0.2) is 5.71 Å². The topological polar surface area (TPSA) is 12.4 Å². The summed E-state index contributed by atoms with van der Waals surface area (Å²) in [5, 5.41) is 2.70. The lowest BCUT2D eigenvalue weighted by atomic mass is 9.77. The average molecular weight is 322 g/mol. The molecule has 0 amide bonds. The molecule has 1 nitrogen and oxygen atoms in total. The van der Waals surface area contributed by atoms with Gasteiger partial charge in [-0.1, -0.05) is 89.6 Å². The van der Waals surface area contributed by atoms with Gasteiger partial charge in [0.05, 0.1) is 5.69 Å². The SMILES string of the molecule is CCCCCCCCCC1=Nc2ccc3ccccc3c2C1(C)C. The molecule has 0 saturated carbocycles. The fourth-order valence-corrected chi connectivity index (χ4v) is 4.06. The molecule has 24 heavy (non-hydrogen) atoms. The highest BCUT2D eigenvalue weighted by Crippen LogP contribution is 2.45. The van der Waals surface area contributed by atoms with Crippen molar-refractivity contribution in [3.63, 3.8) is 0 Å². The molecule has 1 heterocycles. The quantitative estimate of drug-likeness (QED) is 0.451. The first-order valence-corrected chi connectivity index (χ1v) is 9.75. The van der Waals surface area contributed by atoms with E-state index in [-0.39, 0.29) is 5.41 Å². The number of benzene rings is 2. The van der Waals surface area contributed by atoms with E-state index in [1.807, 2.05) is 0 Å². The van der Waals surface area contributed by atoms with Gasteiger partial charge < -0.3 is 0 Å². The Morgan fingerprint density at radius 1 is 0.833 bits per heavy atom. The summed E-state index contributed by atoms with van der Waals surface area (Å²) in [6.07, 6.45) is 10.7. The molecular weight excluding hydrogens is 290 g/mol. The number of aliphatic imine (C=N–C) groups is 1. The lowest BCUT2D eigenvalue weighted by molar-refractivity contribution is 0.590. The fourth-order valence-electron chi connectivity index (χ4n) is 4.06. The Morgan fingerprint density at radius 2 is 1.54 bits per heavy atom. The van der Waals surface area contributed by atoms with Crippen LogP contribution in [0, 0.1) is 0 Å². The first kappa shape index (κ1) is 17.2. The van der Waals surface area contributed by atoms with Crippen molar-refractivity contribution in [3.8, 4) is 0 Å². The molecular formula is C23H31N. The second kappa shape index (κ2) is 7.51. The Morgan fingerprint density at radius 3 is 2.33 bits per heavy atom. The second-order valence-electron chi connectivity index (χ2n) is 7.74. The number of hydrogen-bond donors (Lipinski definition) is 0. The molecule has 0 fully saturated rings. The number of rotatable bonds is 8. The zero-order valence-electron chi connectivity index (χ0n) is 15.6. The Hall–Kier alpha value is -1.63. The molecule has 0 spiro atoms. The summed E-state index contributed by atoms with van der Waals surface area (Å²) >= 11 is 0. The normalized spacial score (nSPS) is 15.5. The summed E-state index contributed by atoms with van der Waals surface area (Å²) in [5.74, 6) is 0. The van der Waals surface area contributed by atoms with E-state index in [4.69, 9.17) is 4.99 Å². The van der Waals surface area contributed by atoms with Gasteiger partial charge in [-0.2, -0.15) is 0 Å². The van der Waals surface area contributed by atoms with Crippen molar-refractivity contribution in [2.24, 2.45) is 4.99 Å². The largest absolute Gasteiger partial charge is 0.257 e. The van der Waals surface area contributed by atoms with Crippen LogP contribution in [0.2, 0.25) is 0 Å². The van der Waals surface area contributed by atoms with Crippen LogP contribution in [0.1, 0.15) is 77.7 Å². The predicted octanol–water partition coefficient (Wildman–Crippen LogP) is 7.34. The molecule has 0 N–H and O–H groups in total. The monoisotopic (exact) mass is 321 g/mol. The Kier molecular flexibility index (Phi) is 5.38. The van der Waals surface area contributed by atoms with Crippen molar-refractivity contribution < 1.29 is 0 Å². The molecule has 0 saturated heterocycles. The van der Waals surface area contributed by atoms with Gasteiger partial charge in [0.25, 0.3) is 0 Å². The molecule has 0 bridgehead atoms. The summed E-state index contributed by atoms with van der Waals surface area (Å²) < 4.78 is 0. The number of unbranched alkanes of at least 4 members (excludes halogenated alkanes) is 6. The van der Waals surface area contributed by atoms with Crippen molar-refractivity contribution in [2.45, 2.75) is 77.6 Å². The molecule has 1 aliphatic heterocycles. The smallest absolute Gasteiger partial charge is 0.0677 e. The van der Waals surface area contributed by atoms with Gasteiger partial charge in [0.15, 0.2) is 0 Å². The van der Waals surface area contributed by atoms with Gasteiger partial charge >= 0.3 is 0 Å². The van der Waals surface area contributed by atoms with Crippen molar-refractivity contribution in [1.82, 2.24) is 0 Å². The summed E-state index contributed by atoms with van der Waals surface area (Å²) in [7, 11) is 0. The fraction of sp³-hybridized carbons (Fsp3) is 0.522. The second-order valence-corrected chi connectivity index (χ2v) is 7.74. The third-order valence-electron chi connectivity index (χ3n) is 5.53. The molecule has 1 aliphatic rings. The van der Waals surface area contributed by atoms with Gasteiger partial charge in [-0.25, -0.2) is 0 Å². The first-order valence-electron chi connectivity index (χ1n) is 9.75. The predicted molar refractivity (Wildman–Crippen MR) is 107 cm³/mol. The van der Waals surface area contributed by atoms with Crippen molar-refractivity contribution in [1.29, 1.82) is 0 Å². The van der Waals surface area contributed by atoms with Crippen LogP contribution in [0.15, 0.2) is 41.4 Å². The van der Waals surface area contributed by atoms with Gasteiger partial charge in [0.1, 0.15) is 0 Å². The average Bonchev–Trinajstić information content (AvgIpc) is 2.85. The van der Waals surface area contributed by atoms with Crippen LogP contribution in [0.3, 0.4) is 0 Å². The van der Waals surface area contributed by atoms with Gasteiger partial charge in [-0.3, -0.25) is 4.99 Å². The number of fused-ring (bicyclic) bond motifs is 3. The number of hydrogen-bond acceptors (Lipinski definition) is 1. The van der Waals surface area contributed by atoms with Gasteiger partial charge in [0.2, 0.25) is 0 Å². The molecule has 0 aliphatic carbocycles. The van der Waals surface area contributed by atoms with Gasteiger partial charge in [0, 0.05) is 11.1 Å². The van der Waals surface area contributed by atoms with Crippen molar-refractivity contribution >= 4 is 22.2 Å². The zero-order chi connectivity index (χ0) is 17.0. The highest BCUT2D eigenvalue weighted by atomic mass is 14.8. The van der Waals surface area contributed by atoms with Crippen LogP contribution >= 0.6 is 0 Å². The van der Waals surface area contributed by atoms with E-state index >= 15 is 0 Å². The third kappa shape index (κ3) is 3.41. The molecule has 128 valence electrons. The molecule has 1 heteroatoms. The van der Waals surface area contributed by atoms with E-state index in [0.717, 1.165) is 6.42 Å². The highest BCUT2D eigenvalue weighted by Gasteiger charge is 2.35. The summed E-state index contributed by atoms with van der Waals surface area (Å²) in [4.78, 5) is 5.02. The zero-order valence-corrected chi connectivity index (χ0v) is 15.6. The maximum atomic E-state index is 5.02. The molecule has 2 aromatic carbocycles. The minimum atomic E-state index is 0.0679. The first-order chi connectivity index (χ1) is 11.6. The molecule has 0 atom stereocenters. The van der Waals surface area contributed by atoms with Crippen molar-refractivity contribution in [3.05, 3.63) is 42.0 Å². The maximum Gasteiger partial charge on any atom is 0.0677 e. The molecule has 0 aromatic heterocycles.